The van der Waals surface area contributed by atoms with Crippen molar-refractivity contribution in [2.24, 2.45) is 0 Å². The van der Waals surface area contributed by atoms with Gasteiger partial charge in [0.1, 0.15) is 0 Å². The number of anilines is 1. The van der Waals surface area contributed by atoms with E-state index in [0.29, 0.717) is 6.04 Å². The van der Waals surface area contributed by atoms with Crippen LogP contribution in [-0.2, 0) is 6.42 Å². The van der Waals surface area contributed by atoms with E-state index in [0.717, 1.165) is 28.4 Å². The van der Waals surface area contributed by atoms with Gasteiger partial charge in [-0.25, -0.2) is 4.98 Å². The zero-order chi connectivity index (χ0) is 14.2. The van der Waals surface area contributed by atoms with Gasteiger partial charge in [-0.15, -0.1) is 11.3 Å². The van der Waals surface area contributed by atoms with Crippen LogP contribution in [0.25, 0.3) is 10.2 Å². The van der Waals surface area contributed by atoms with Crippen LogP contribution in [0, 0.1) is 0 Å². The quantitative estimate of drug-likeness (QED) is 0.722. The van der Waals surface area contributed by atoms with Crippen molar-refractivity contribution in [1.82, 2.24) is 9.97 Å². The van der Waals surface area contributed by atoms with E-state index in [2.05, 4.69) is 45.8 Å². The van der Waals surface area contributed by atoms with Crippen LogP contribution in [0.4, 0.5) is 5.69 Å². The molecule has 0 spiro atoms. The highest BCUT2D eigenvalue weighted by atomic mass is 32.2. The zero-order valence-electron chi connectivity index (χ0n) is 11.7. The number of hydrogen-bond donors (Lipinski definition) is 1. The fourth-order valence-corrected chi connectivity index (χ4v) is 4.36. The minimum absolute atomic E-state index is 0.326. The molecule has 0 amide bonds. The van der Waals surface area contributed by atoms with Crippen molar-refractivity contribution in [1.29, 1.82) is 0 Å². The van der Waals surface area contributed by atoms with Crippen LogP contribution in [0.15, 0.2) is 40.9 Å². The Morgan fingerprint density at radius 3 is 3.19 bits per heavy atom. The molecule has 1 N–H and O–H groups in total. The van der Waals surface area contributed by atoms with Gasteiger partial charge in [-0.1, -0.05) is 17.8 Å². The van der Waals surface area contributed by atoms with Crippen molar-refractivity contribution in [3.63, 3.8) is 0 Å². The number of aryl methyl sites for hydroxylation is 1. The number of rotatable bonds is 3. The van der Waals surface area contributed by atoms with Gasteiger partial charge < -0.3 is 5.32 Å². The van der Waals surface area contributed by atoms with E-state index in [1.807, 2.05) is 12.3 Å². The predicted octanol–water partition coefficient (Wildman–Crippen LogP) is 4.51. The molecule has 5 heteroatoms. The normalized spacial score (nSPS) is 17.1. The Morgan fingerprint density at radius 1 is 1.33 bits per heavy atom. The summed E-state index contributed by atoms with van der Waals surface area (Å²) in [5, 5.41) is 3.63. The number of thiazole rings is 1. The number of aromatic nitrogens is 2. The summed E-state index contributed by atoms with van der Waals surface area (Å²) >= 11 is 3.45. The van der Waals surface area contributed by atoms with Crippen LogP contribution in [0.1, 0.15) is 23.7 Å². The Kier molecular flexibility index (Phi) is 3.31. The molecule has 1 unspecified atom stereocenters. The monoisotopic (exact) mass is 313 g/mol. The molecule has 4 rings (SSSR count). The number of thioether (sulfide) groups is 1. The third-order valence-corrected chi connectivity index (χ3v) is 5.85. The van der Waals surface area contributed by atoms with Crippen LogP contribution in [0.3, 0.4) is 0 Å². The minimum Gasteiger partial charge on any atom is -0.377 e. The highest BCUT2D eigenvalue weighted by molar-refractivity contribution is 8.00. The maximum Gasteiger partial charge on any atom is 0.150 e. The second kappa shape index (κ2) is 5.31. The van der Waals surface area contributed by atoms with Crippen molar-refractivity contribution in [3.8, 4) is 0 Å². The standard InChI is InChI=1S/C16H15N3S2/c1-20-16-19-12-7-5-11(9-14(12)21-16)18-13-6-4-10-3-2-8-17-15(10)13/h2-3,5,7-9,13,18H,4,6H2,1H3. The first-order valence-corrected chi connectivity index (χ1v) is 9.02. The highest BCUT2D eigenvalue weighted by Crippen LogP contribution is 2.34. The second-order valence-corrected chi connectivity index (χ2v) is 7.23. The molecule has 1 atom stereocenters. The number of benzene rings is 1. The molecular weight excluding hydrogens is 298 g/mol. The Labute approximate surface area is 131 Å². The number of nitrogens with zero attached hydrogens (tertiary/aromatic N) is 2. The first kappa shape index (κ1) is 13.1. The first-order chi connectivity index (χ1) is 10.3. The fourth-order valence-electron chi connectivity index (χ4n) is 2.83. The van der Waals surface area contributed by atoms with E-state index in [4.69, 9.17) is 0 Å². The second-order valence-electron chi connectivity index (χ2n) is 5.15. The van der Waals surface area contributed by atoms with Crippen molar-refractivity contribution in [2.75, 3.05) is 11.6 Å². The molecule has 106 valence electrons. The van der Waals surface area contributed by atoms with Crippen molar-refractivity contribution < 1.29 is 0 Å². The average molecular weight is 313 g/mol. The maximum atomic E-state index is 4.58. The maximum absolute atomic E-state index is 4.58. The fraction of sp³-hybridized carbons (Fsp3) is 0.250. The number of fused-ring (bicyclic) bond motifs is 2. The molecule has 1 aromatic carbocycles. The molecule has 1 aliphatic carbocycles. The van der Waals surface area contributed by atoms with Gasteiger partial charge in [-0.3, -0.25) is 4.98 Å². The van der Waals surface area contributed by atoms with Crippen LogP contribution in [0.2, 0.25) is 0 Å². The summed E-state index contributed by atoms with van der Waals surface area (Å²) in [7, 11) is 0. The van der Waals surface area contributed by atoms with Crippen molar-refractivity contribution >= 4 is 39.0 Å². The van der Waals surface area contributed by atoms with Crippen molar-refractivity contribution in [2.45, 2.75) is 23.2 Å². The van der Waals surface area contributed by atoms with Gasteiger partial charge in [0, 0.05) is 11.9 Å². The molecule has 2 heterocycles. The molecule has 3 nitrogen and oxygen atoms in total. The van der Waals surface area contributed by atoms with Crippen LogP contribution >= 0.6 is 23.1 Å². The molecule has 0 radical (unpaired) electrons. The number of nitrogens with one attached hydrogen (secondary N) is 1. The average Bonchev–Trinajstić information content (AvgIpc) is 3.11. The van der Waals surface area contributed by atoms with Crippen LogP contribution in [-0.4, -0.2) is 16.2 Å². The minimum atomic E-state index is 0.326. The Morgan fingerprint density at radius 2 is 2.29 bits per heavy atom. The molecule has 1 aliphatic rings. The van der Waals surface area contributed by atoms with Crippen LogP contribution in [0.5, 0.6) is 0 Å². The predicted molar refractivity (Wildman–Crippen MR) is 90.3 cm³/mol. The van der Waals surface area contributed by atoms with Crippen LogP contribution < -0.4 is 5.32 Å². The molecular formula is C16H15N3S2. The van der Waals surface area contributed by atoms with Gasteiger partial charge in [-0.05, 0) is 48.9 Å². The first-order valence-electron chi connectivity index (χ1n) is 6.98. The lowest BCUT2D eigenvalue weighted by Gasteiger charge is -2.14. The number of pyridine rings is 1. The van der Waals surface area contributed by atoms with E-state index in [9.17, 15) is 0 Å². The SMILES string of the molecule is CSc1nc2ccc(NC3CCc4cccnc43)cc2s1. The molecule has 2 aromatic heterocycles. The van der Waals surface area contributed by atoms with E-state index < -0.39 is 0 Å². The summed E-state index contributed by atoms with van der Waals surface area (Å²) in [5.41, 5.74) is 4.81. The van der Waals surface area contributed by atoms with E-state index >= 15 is 0 Å². The largest absolute Gasteiger partial charge is 0.377 e. The Bertz CT molecular complexity index is 797. The lowest BCUT2D eigenvalue weighted by atomic mass is 10.2. The lowest BCUT2D eigenvalue weighted by molar-refractivity contribution is 0.746. The molecule has 0 fully saturated rings. The van der Waals surface area contributed by atoms with Gasteiger partial charge in [0.05, 0.1) is 22.0 Å². The molecule has 0 saturated carbocycles. The van der Waals surface area contributed by atoms with Gasteiger partial charge in [0.2, 0.25) is 0 Å². The van der Waals surface area contributed by atoms with E-state index in [1.54, 1.807) is 23.1 Å². The highest BCUT2D eigenvalue weighted by Gasteiger charge is 2.23. The molecule has 0 aliphatic heterocycles. The van der Waals surface area contributed by atoms with E-state index in [-0.39, 0.29) is 0 Å². The summed E-state index contributed by atoms with van der Waals surface area (Å²) < 4.78 is 2.36. The molecule has 0 saturated heterocycles. The summed E-state index contributed by atoms with van der Waals surface area (Å²) in [6.07, 6.45) is 6.18. The molecule has 0 bridgehead atoms. The third kappa shape index (κ3) is 2.40. The summed E-state index contributed by atoms with van der Waals surface area (Å²) in [5.74, 6) is 0. The smallest absolute Gasteiger partial charge is 0.150 e. The molecule has 21 heavy (non-hydrogen) atoms. The topological polar surface area (TPSA) is 37.8 Å². The van der Waals surface area contributed by atoms with Gasteiger partial charge >= 0.3 is 0 Å². The summed E-state index contributed by atoms with van der Waals surface area (Å²) in [4.78, 5) is 9.12. The summed E-state index contributed by atoms with van der Waals surface area (Å²) in [6, 6.07) is 10.9. The van der Waals surface area contributed by atoms with Crippen molar-refractivity contribution in [3.05, 3.63) is 47.8 Å². The third-order valence-electron chi connectivity index (χ3n) is 3.84. The Hall–Kier alpha value is -1.59. The lowest BCUT2D eigenvalue weighted by Crippen LogP contribution is -2.08. The summed E-state index contributed by atoms with van der Waals surface area (Å²) in [6.45, 7) is 0. The van der Waals surface area contributed by atoms with Gasteiger partial charge in [0.25, 0.3) is 0 Å². The molecule has 3 aromatic rings. The number of hydrogen-bond acceptors (Lipinski definition) is 5. The van der Waals surface area contributed by atoms with E-state index in [1.165, 1.54) is 16.0 Å². The van der Waals surface area contributed by atoms with Gasteiger partial charge in [0.15, 0.2) is 4.34 Å². The van der Waals surface area contributed by atoms with Gasteiger partial charge in [-0.2, -0.15) is 0 Å². The zero-order valence-corrected chi connectivity index (χ0v) is 13.3. The Balaban J connectivity index is 1.63.